The first kappa shape index (κ1) is 30.9. The van der Waals surface area contributed by atoms with Crippen LogP contribution in [0, 0.1) is 10.2 Å². The van der Waals surface area contributed by atoms with Gasteiger partial charge in [-0.2, -0.15) is 0 Å². The summed E-state index contributed by atoms with van der Waals surface area (Å²) in [6.45, 7) is 5.99. The molecule has 8 heteroatoms. The fraction of sp³-hybridized carbons (Fsp3) is 0.452. The molecule has 39 heavy (non-hydrogen) atoms. The molecule has 0 bridgehead atoms. The minimum atomic E-state index is -4.94. The second-order valence-electron chi connectivity index (χ2n) is 9.67. The fourth-order valence-electron chi connectivity index (χ4n) is 4.59. The Morgan fingerprint density at radius 3 is 1.69 bits per heavy atom. The first-order valence-corrected chi connectivity index (χ1v) is 15.1. The van der Waals surface area contributed by atoms with Gasteiger partial charge in [0.1, 0.15) is 11.5 Å². The largest absolute Gasteiger partial charge is 0.494 e. The van der Waals surface area contributed by atoms with Crippen LogP contribution in [-0.4, -0.2) is 13.2 Å². The molecule has 0 fully saturated rings. The molecule has 1 aromatic heterocycles. The Labute approximate surface area is 233 Å². The Morgan fingerprint density at radius 1 is 0.692 bits per heavy atom. The highest BCUT2D eigenvalue weighted by molar-refractivity contribution is 5.74. The van der Waals surface area contributed by atoms with E-state index in [1.165, 1.54) is 55.2 Å². The number of halogens is 1. The highest BCUT2D eigenvalue weighted by Gasteiger charge is 2.28. The summed E-state index contributed by atoms with van der Waals surface area (Å²) in [7, 11) is -4.94. The molecule has 0 atom stereocenters. The molecular formula is C31H39ClO7. The van der Waals surface area contributed by atoms with Gasteiger partial charge < -0.3 is 9.47 Å². The third-order valence-electron chi connectivity index (χ3n) is 6.59. The molecule has 0 radical (unpaired) electrons. The molecule has 0 amide bonds. The van der Waals surface area contributed by atoms with Crippen LogP contribution in [0.1, 0.15) is 76.5 Å². The maximum atomic E-state index is 8.49. The normalized spacial score (nSPS) is 12.8. The molecule has 0 spiro atoms. The first-order valence-electron chi connectivity index (χ1n) is 13.9. The summed E-state index contributed by atoms with van der Waals surface area (Å²) in [5.41, 5.74) is 4.97. The Morgan fingerprint density at radius 2 is 1.18 bits per heavy atom. The van der Waals surface area contributed by atoms with Crippen LogP contribution in [0.2, 0.25) is 0 Å². The topological polar surface area (TPSA) is 122 Å². The van der Waals surface area contributed by atoms with Crippen molar-refractivity contribution in [2.24, 2.45) is 0 Å². The molecule has 3 aromatic rings. The minimum Gasteiger partial charge on any atom is -0.494 e. The second kappa shape index (κ2) is 15.8. The van der Waals surface area contributed by atoms with Crippen LogP contribution in [-0.2, 0) is 12.8 Å². The van der Waals surface area contributed by atoms with Gasteiger partial charge in [-0.05, 0) is 74.1 Å². The summed E-state index contributed by atoms with van der Waals surface area (Å²) in [6, 6.07) is 19.1. The Bertz CT molecular complexity index is 1120. The molecule has 1 aliphatic carbocycles. The fourth-order valence-corrected chi connectivity index (χ4v) is 4.59. The SMILES string of the molecule is CCCCCOc1ccc(-c2cc(-c3ccc(OCCCCC)cc3)c3c([o+]2)CCCC3)cc1.[O-][Cl+3]([O-])([O-])[O-]. The predicted octanol–water partition coefficient (Wildman–Crippen LogP) is 4.16. The monoisotopic (exact) mass is 558 g/mol. The summed E-state index contributed by atoms with van der Waals surface area (Å²) in [4.78, 5) is 0. The van der Waals surface area contributed by atoms with Crippen molar-refractivity contribution in [3.8, 4) is 33.9 Å². The Hall–Kier alpha value is -2.68. The lowest BCUT2D eigenvalue weighted by molar-refractivity contribution is -2.00. The lowest BCUT2D eigenvalue weighted by Crippen LogP contribution is -2.68. The van der Waals surface area contributed by atoms with Gasteiger partial charge in [0.25, 0.3) is 0 Å². The summed E-state index contributed by atoms with van der Waals surface area (Å²) in [5.74, 6) is 3.93. The van der Waals surface area contributed by atoms with Crippen LogP contribution in [0.15, 0.2) is 59.0 Å². The zero-order valence-corrected chi connectivity index (χ0v) is 23.7. The molecular weight excluding hydrogens is 520 g/mol. The number of fused-ring (bicyclic) bond motifs is 1. The van der Waals surface area contributed by atoms with Crippen LogP contribution < -0.4 is 28.1 Å². The van der Waals surface area contributed by atoms with Crippen LogP contribution in [0.25, 0.3) is 22.5 Å². The molecule has 0 saturated carbocycles. The highest BCUT2D eigenvalue weighted by Crippen LogP contribution is 2.37. The van der Waals surface area contributed by atoms with Crippen molar-refractivity contribution in [1.29, 1.82) is 0 Å². The standard InChI is InChI=1S/C31H39O3.ClHO4/c1-3-5-9-21-32-26-17-13-24(14-18-26)29-23-31(34-30-12-8-7-11-28(29)30)25-15-19-27(20-16-25)33-22-10-6-4-2;2-1(3,4)5/h13-20,23H,3-12,21-22H2,1-2H3;(H,2,3,4,5)/q+1;/p-1. The van der Waals surface area contributed by atoms with Gasteiger partial charge in [0.15, 0.2) is 0 Å². The average Bonchev–Trinajstić information content (AvgIpc) is 2.93. The quantitative estimate of drug-likeness (QED) is 0.242. The van der Waals surface area contributed by atoms with E-state index in [1.54, 1.807) is 0 Å². The second-order valence-corrected chi connectivity index (χ2v) is 10.4. The van der Waals surface area contributed by atoms with E-state index in [-0.39, 0.29) is 0 Å². The molecule has 2 aromatic carbocycles. The van der Waals surface area contributed by atoms with E-state index < -0.39 is 10.2 Å². The predicted molar refractivity (Wildman–Crippen MR) is 141 cm³/mol. The van der Waals surface area contributed by atoms with E-state index in [9.17, 15) is 0 Å². The number of hydrogen-bond donors (Lipinski definition) is 0. The summed E-state index contributed by atoms with van der Waals surface area (Å²) in [6.07, 6.45) is 11.5. The number of rotatable bonds is 12. The van der Waals surface area contributed by atoms with Crippen molar-refractivity contribution in [3.63, 3.8) is 0 Å². The van der Waals surface area contributed by atoms with E-state index in [2.05, 4.69) is 68.4 Å². The van der Waals surface area contributed by atoms with Crippen LogP contribution in [0.4, 0.5) is 0 Å². The van der Waals surface area contributed by atoms with Gasteiger partial charge in [-0.3, -0.25) is 0 Å². The molecule has 0 unspecified atom stereocenters. The molecule has 4 rings (SSSR count). The summed E-state index contributed by atoms with van der Waals surface area (Å²) < 4.78 is 52.2. The molecule has 7 nitrogen and oxygen atoms in total. The van der Waals surface area contributed by atoms with Crippen molar-refractivity contribution in [2.75, 3.05) is 13.2 Å². The third kappa shape index (κ3) is 10.8. The number of ether oxygens (including phenoxy) is 2. The smallest absolute Gasteiger partial charge is 0.360 e. The lowest BCUT2D eigenvalue weighted by Gasteiger charge is -2.17. The van der Waals surface area contributed by atoms with E-state index in [0.717, 1.165) is 67.5 Å². The summed E-state index contributed by atoms with van der Waals surface area (Å²) >= 11 is 0. The molecule has 212 valence electrons. The van der Waals surface area contributed by atoms with Crippen molar-refractivity contribution >= 4 is 0 Å². The van der Waals surface area contributed by atoms with Gasteiger partial charge in [-0.15, -0.1) is 10.2 Å². The average molecular weight is 559 g/mol. The maximum Gasteiger partial charge on any atom is 0.360 e. The molecule has 0 saturated heterocycles. The Kier molecular flexibility index (Phi) is 12.5. The van der Waals surface area contributed by atoms with Crippen molar-refractivity contribution in [2.45, 2.75) is 78.1 Å². The zero-order chi connectivity index (χ0) is 28.1. The number of hydrogen-bond acceptors (Lipinski definition) is 6. The molecule has 1 aliphatic rings. The number of benzene rings is 2. The first-order chi connectivity index (χ1) is 18.8. The van der Waals surface area contributed by atoms with Gasteiger partial charge >= 0.3 is 11.5 Å². The Balaban J connectivity index is 0.000000771. The highest BCUT2D eigenvalue weighted by atomic mass is 35.7. The zero-order valence-electron chi connectivity index (χ0n) is 22.9. The van der Waals surface area contributed by atoms with E-state index in [4.69, 9.17) is 32.5 Å². The van der Waals surface area contributed by atoms with Crippen LogP contribution >= 0.6 is 0 Å². The summed E-state index contributed by atoms with van der Waals surface area (Å²) in [5, 5.41) is 0. The van der Waals surface area contributed by atoms with Crippen molar-refractivity contribution in [3.05, 3.63) is 65.9 Å². The van der Waals surface area contributed by atoms with Crippen molar-refractivity contribution < 1.29 is 42.8 Å². The van der Waals surface area contributed by atoms with Gasteiger partial charge in [0, 0.05) is 5.56 Å². The molecule has 1 heterocycles. The van der Waals surface area contributed by atoms with Gasteiger partial charge in [0.2, 0.25) is 0 Å². The number of unbranched alkanes of at least 4 members (excludes halogenated alkanes) is 4. The number of aryl methyl sites for hydroxylation is 1. The minimum absolute atomic E-state index is 0.777. The molecule has 0 aliphatic heterocycles. The van der Waals surface area contributed by atoms with Crippen molar-refractivity contribution in [1.82, 2.24) is 0 Å². The van der Waals surface area contributed by atoms with Gasteiger partial charge in [0.05, 0.1) is 36.8 Å². The van der Waals surface area contributed by atoms with Crippen LogP contribution in [0.3, 0.4) is 0 Å². The lowest BCUT2D eigenvalue weighted by atomic mass is 9.89. The third-order valence-corrected chi connectivity index (χ3v) is 6.59. The van der Waals surface area contributed by atoms with Gasteiger partial charge in [-0.1, -0.05) is 51.7 Å². The maximum absolute atomic E-state index is 8.49. The van der Waals surface area contributed by atoms with Crippen LogP contribution in [0.5, 0.6) is 11.5 Å². The van der Waals surface area contributed by atoms with E-state index in [0.29, 0.717) is 0 Å². The van der Waals surface area contributed by atoms with E-state index >= 15 is 0 Å². The van der Waals surface area contributed by atoms with Gasteiger partial charge in [-0.25, -0.2) is 23.1 Å². The molecule has 0 N–H and O–H groups in total. The van der Waals surface area contributed by atoms with E-state index in [1.807, 2.05) is 0 Å².